The number of rotatable bonds is 7. The van der Waals surface area contributed by atoms with Gasteiger partial charge in [-0.05, 0) is 30.4 Å². The van der Waals surface area contributed by atoms with Crippen molar-refractivity contribution in [1.82, 2.24) is 0 Å². The minimum Gasteiger partial charge on any atom is -0.432 e. The highest BCUT2D eigenvalue weighted by Crippen LogP contribution is 2.17. The number of benzene rings is 1. The van der Waals surface area contributed by atoms with Crippen molar-refractivity contribution in [2.75, 3.05) is 0 Å². The molecule has 1 aromatic carbocycles. The second kappa shape index (κ2) is 7.70. The molecule has 18 heavy (non-hydrogen) atoms. The zero-order chi connectivity index (χ0) is 13.4. The van der Waals surface area contributed by atoms with E-state index < -0.39 is 0 Å². The van der Waals surface area contributed by atoms with Gasteiger partial charge in [-0.2, -0.15) is 0 Å². The Balaban J connectivity index is 2.70. The predicted octanol–water partition coefficient (Wildman–Crippen LogP) is 4.36. The molecule has 0 saturated carbocycles. The van der Waals surface area contributed by atoms with E-state index in [4.69, 9.17) is 4.74 Å². The first-order chi connectivity index (χ1) is 8.69. The Morgan fingerprint density at radius 3 is 2.78 bits per heavy atom. The van der Waals surface area contributed by atoms with Crippen molar-refractivity contribution in [2.24, 2.45) is 5.92 Å². The molecule has 2 nitrogen and oxygen atoms in total. The fourth-order valence-electron chi connectivity index (χ4n) is 2.12. The summed E-state index contributed by atoms with van der Waals surface area (Å²) in [7, 11) is 0. The Kier molecular flexibility index (Phi) is 6.20. The molecule has 1 aromatic rings. The summed E-state index contributed by atoms with van der Waals surface area (Å²) in [4.78, 5) is 11.7. The Bertz CT molecular complexity index is 396. The first kappa shape index (κ1) is 14.5. The molecule has 98 valence electrons. The van der Waals surface area contributed by atoms with Crippen molar-refractivity contribution < 1.29 is 9.53 Å². The second-order valence-corrected chi connectivity index (χ2v) is 4.66. The standard InChI is InChI=1S/C16H22O2/c1-4-8-13(3)11-12-14-9-6-7-10-15(14)16(17)18-5-2/h5-7,9-10,13H,2,4,8,11-12H2,1,3H3. The zero-order valence-corrected chi connectivity index (χ0v) is 11.3. The lowest BCUT2D eigenvalue weighted by Crippen LogP contribution is -2.06. The van der Waals surface area contributed by atoms with Gasteiger partial charge < -0.3 is 4.74 Å². The van der Waals surface area contributed by atoms with Crippen LogP contribution in [0.2, 0.25) is 0 Å². The molecule has 2 heteroatoms. The van der Waals surface area contributed by atoms with Gasteiger partial charge in [0.1, 0.15) is 0 Å². The molecule has 0 spiro atoms. The summed E-state index contributed by atoms with van der Waals surface area (Å²) in [5.74, 6) is 0.377. The number of carbonyl (C=O) groups is 1. The molecule has 1 rings (SSSR count). The third-order valence-electron chi connectivity index (χ3n) is 3.12. The van der Waals surface area contributed by atoms with Gasteiger partial charge in [0.25, 0.3) is 0 Å². The van der Waals surface area contributed by atoms with Gasteiger partial charge in [0.15, 0.2) is 0 Å². The van der Waals surface area contributed by atoms with Crippen LogP contribution in [0.15, 0.2) is 37.1 Å². The van der Waals surface area contributed by atoms with Gasteiger partial charge in [-0.25, -0.2) is 4.79 Å². The SMILES string of the molecule is C=COC(=O)c1ccccc1CCC(C)CCC. The molecular weight excluding hydrogens is 224 g/mol. The lowest BCUT2D eigenvalue weighted by molar-refractivity contribution is 0.0663. The minimum atomic E-state index is -0.316. The van der Waals surface area contributed by atoms with Gasteiger partial charge in [-0.3, -0.25) is 0 Å². The summed E-state index contributed by atoms with van der Waals surface area (Å²) >= 11 is 0. The topological polar surface area (TPSA) is 26.3 Å². The Hall–Kier alpha value is -1.57. The molecule has 0 heterocycles. The van der Waals surface area contributed by atoms with Gasteiger partial charge >= 0.3 is 5.97 Å². The van der Waals surface area contributed by atoms with Crippen LogP contribution in [0.3, 0.4) is 0 Å². The van der Waals surface area contributed by atoms with Gasteiger partial charge in [0.2, 0.25) is 0 Å². The second-order valence-electron chi connectivity index (χ2n) is 4.66. The van der Waals surface area contributed by atoms with Crippen LogP contribution in [0.1, 0.15) is 49.0 Å². The van der Waals surface area contributed by atoms with E-state index in [0.29, 0.717) is 11.5 Å². The van der Waals surface area contributed by atoms with Crippen LogP contribution in [0.5, 0.6) is 0 Å². The third kappa shape index (κ3) is 4.36. The fourth-order valence-corrected chi connectivity index (χ4v) is 2.12. The molecule has 0 saturated heterocycles. The highest BCUT2D eigenvalue weighted by Gasteiger charge is 2.12. The summed E-state index contributed by atoms with van der Waals surface area (Å²) in [6.45, 7) is 7.87. The zero-order valence-electron chi connectivity index (χ0n) is 11.3. The summed E-state index contributed by atoms with van der Waals surface area (Å²) < 4.78 is 4.85. The molecule has 1 atom stereocenters. The molecule has 0 radical (unpaired) electrons. The van der Waals surface area contributed by atoms with Crippen LogP contribution < -0.4 is 0 Å². The Labute approximate surface area is 110 Å². The normalized spacial score (nSPS) is 11.9. The van der Waals surface area contributed by atoms with Crippen molar-refractivity contribution in [3.63, 3.8) is 0 Å². The first-order valence-corrected chi connectivity index (χ1v) is 6.58. The summed E-state index contributed by atoms with van der Waals surface area (Å²) in [5.41, 5.74) is 1.72. The molecule has 0 aliphatic rings. The quantitative estimate of drug-likeness (QED) is 0.528. The Morgan fingerprint density at radius 2 is 2.11 bits per heavy atom. The minimum absolute atomic E-state index is 0.316. The number of hydrogen-bond acceptors (Lipinski definition) is 2. The molecular formula is C16H22O2. The van der Waals surface area contributed by atoms with Crippen LogP contribution in [0, 0.1) is 5.92 Å². The smallest absolute Gasteiger partial charge is 0.343 e. The molecule has 0 N–H and O–H groups in total. The molecule has 0 aliphatic carbocycles. The van der Waals surface area contributed by atoms with Crippen molar-refractivity contribution >= 4 is 5.97 Å². The third-order valence-corrected chi connectivity index (χ3v) is 3.12. The summed E-state index contributed by atoms with van der Waals surface area (Å²) in [5, 5.41) is 0. The molecule has 0 aromatic heterocycles. The first-order valence-electron chi connectivity index (χ1n) is 6.58. The van der Waals surface area contributed by atoms with Crippen LogP contribution in [0.4, 0.5) is 0 Å². The van der Waals surface area contributed by atoms with E-state index in [2.05, 4.69) is 20.4 Å². The summed E-state index contributed by atoms with van der Waals surface area (Å²) in [6, 6.07) is 7.63. The van der Waals surface area contributed by atoms with E-state index in [1.807, 2.05) is 24.3 Å². The molecule has 0 amide bonds. The lowest BCUT2D eigenvalue weighted by atomic mass is 9.95. The van der Waals surface area contributed by atoms with E-state index in [1.165, 1.54) is 19.1 Å². The van der Waals surface area contributed by atoms with E-state index >= 15 is 0 Å². The number of aryl methyl sites for hydroxylation is 1. The van der Waals surface area contributed by atoms with E-state index in [0.717, 1.165) is 18.4 Å². The van der Waals surface area contributed by atoms with Crippen molar-refractivity contribution in [3.8, 4) is 0 Å². The average molecular weight is 246 g/mol. The molecule has 0 fully saturated rings. The lowest BCUT2D eigenvalue weighted by Gasteiger charge is -2.11. The molecule has 1 unspecified atom stereocenters. The van der Waals surface area contributed by atoms with Crippen molar-refractivity contribution in [3.05, 3.63) is 48.2 Å². The van der Waals surface area contributed by atoms with Gasteiger partial charge in [0, 0.05) is 0 Å². The number of esters is 1. The molecule has 0 bridgehead atoms. The predicted molar refractivity (Wildman–Crippen MR) is 74.4 cm³/mol. The van der Waals surface area contributed by atoms with Crippen molar-refractivity contribution in [2.45, 2.75) is 39.5 Å². The van der Waals surface area contributed by atoms with Gasteiger partial charge in [-0.1, -0.05) is 51.5 Å². The molecule has 0 aliphatic heterocycles. The van der Waals surface area contributed by atoms with Crippen LogP contribution in [-0.4, -0.2) is 5.97 Å². The average Bonchev–Trinajstić information content (AvgIpc) is 2.37. The highest BCUT2D eigenvalue weighted by atomic mass is 16.5. The van der Waals surface area contributed by atoms with Gasteiger partial charge in [-0.15, -0.1) is 0 Å². The van der Waals surface area contributed by atoms with Crippen molar-refractivity contribution in [1.29, 1.82) is 0 Å². The van der Waals surface area contributed by atoms with Crippen LogP contribution in [-0.2, 0) is 11.2 Å². The van der Waals surface area contributed by atoms with Crippen LogP contribution in [0.25, 0.3) is 0 Å². The number of hydrogen-bond donors (Lipinski definition) is 0. The largest absolute Gasteiger partial charge is 0.432 e. The Morgan fingerprint density at radius 1 is 1.39 bits per heavy atom. The number of ether oxygens (including phenoxy) is 1. The van der Waals surface area contributed by atoms with E-state index in [1.54, 1.807) is 0 Å². The van der Waals surface area contributed by atoms with E-state index in [9.17, 15) is 4.79 Å². The monoisotopic (exact) mass is 246 g/mol. The maximum absolute atomic E-state index is 11.7. The maximum atomic E-state index is 11.7. The summed E-state index contributed by atoms with van der Waals surface area (Å²) in [6.07, 6.45) is 5.65. The van der Waals surface area contributed by atoms with Gasteiger partial charge in [0.05, 0.1) is 11.8 Å². The maximum Gasteiger partial charge on any atom is 0.343 e. The fraction of sp³-hybridized carbons (Fsp3) is 0.438. The van der Waals surface area contributed by atoms with E-state index in [-0.39, 0.29) is 5.97 Å². The highest BCUT2D eigenvalue weighted by molar-refractivity contribution is 5.91. The van der Waals surface area contributed by atoms with Crippen LogP contribution >= 0.6 is 0 Å². The number of carbonyl (C=O) groups excluding carboxylic acids is 1.